The van der Waals surface area contributed by atoms with E-state index in [0.717, 1.165) is 6.20 Å². The lowest BCUT2D eigenvalue weighted by Gasteiger charge is -2.21. The van der Waals surface area contributed by atoms with E-state index >= 15 is 0 Å². The van der Waals surface area contributed by atoms with Crippen molar-refractivity contribution in [2.24, 2.45) is 0 Å². The molecule has 0 bridgehead atoms. The summed E-state index contributed by atoms with van der Waals surface area (Å²) < 4.78 is 42.5. The van der Waals surface area contributed by atoms with Crippen LogP contribution in [0.15, 0.2) is 48.0 Å². The third kappa shape index (κ3) is 7.06. The number of rotatable bonds is 9. The Bertz CT molecular complexity index is 1350. The van der Waals surface area contributed by atoms with Crippen molar-refractivity contribution in [1.29, 1.82) is 0 Å². The maximum Gasteiger partial charge on any atom is 0.510 e. The number of carbonyl (C=O) groups excluding carboxylic acids is 2. The number of hydrogen-bond donors (Lipinski definition) is 2. The maximum atomic E-state index is 14.1. The van der Waals surface area contributed by atoms with Gasteiger partial charge in [-0.25, -0.2) is 9.18 Å². The summed E-state index contributed by atoms with van der Waals surface area (Å²) in [6.45, 7) is 2.25. The Morgan fingerprint density at radius 1 is 1.25 bits per heavy atom. The average molecular weight is 576 g/mol. The van der Waals surface area contributed by atoms with Crippen molar-refractivity contribution in [3.63, 3.8) is 0 Å². The van der Waals surface area contributed by atoms with Gasteiger partial charge in [-0.3, -0.25) is 13.9 Å². The number of benzene rings is 2. The van der Waals surface area contributed by atoms with Gasteiger partial charge in [-0.2, -0.15) is 0 Å². The molecule has 2 unspecified atom stereocenters. The first-order chi connectivity index (χ1) is 17.0. The van der Waals surface area contributed by atoms with E-state index in [1.165, 1.54) is 41.0 Å². The van der Waals surface area contributed by atoms with Crippen molar-refractivity contribution in [2.45, 2.75) is 25.6 Å². The van der Waals surface area contributed by atoms with Crippen LogP contribution in [0, 0.1) is 5.82 Å². The first-order valence-corrected chi connectivity index (χ1v) is 13.7. The highest BCUT2D eigenvalue weighted by atomic mass is 35.5. The Kier molecular flexibility index (Phi) is 9.52. The Labute approximate surface area is 220 Å². The fraction of sp³-hybridized carbons (Fsp3) is 0.217. The summed E-state index contributed by atoms with van der Waals surface area (Å²) in [5.74, 6) is -1.62. The highest BCUT2D eigenvalue weighted by Crippen LogP contribution is 2.58. The minimum Gasteiger partial charge on any atom is -0.432 e. The van der Waals surface area contributed by atoms with E-state index in [1.54, 1.807) is 32.0 Å². The minimum atomic E-state index is -4.80. The predicted molar refractivity (Wildman–Crippen MR) is 137 cm³/mol. The summed E-state index contributed by atoms with van der Waals surface area (Å²) in [7, 11) is -4.80. The number of amides is 1. The molecular weight excluding hydrogens is 555 g/mol. The molecule has 2 N–H and O–H groups in total. The summed E-state index contributed by atoms with van der Waals surface area (Å²) in [5.41, 5.74) is -1.47. The summed E-state index contributed by atoms with van der Waals surface area (Å²) in [4.78, 5) is 35.5. The van der Waals surface area contributed by atoms with Gasteiger partial charge in [-0.05, 0) is 60.5 Å². The van der Waals surface area contributed by atoms with E-state index in [1.807, 2.05) is 0 Å². The average Bonchev–Trinajstić information content (AvgIpc) is 3.18. The Morgan fingerprint density at radius 2 is 2.00 bits per heavy atom. The van der Waals surface area contributed by atoms with Crippen molar-refractivity contribution in [3.05, 3.63) is 75.0 Å². The zero-order chi connectivity index (χ0) is 26.5. The van der Waals surface area contributed by atoms with E-state index < -0.39 is 44.0 Å². The van der Waals surface area contributed by atoms with Crippen LogP contribution in [-0.2, 0) is 23.4 Å². The molecule has 2 aromatic carbocycles. The van der Waals surface area contributed by atoms with Crippen molar-refractivity contribution >= 4 is 70.4 Å². The van der Waals surface area contributed by atoms with Gasteiger partial charge in [0.25, 0.3) is 0 Å². The van der Waals surface area contributed by atoms with E-state index in [2.05, 4.69) is 10.1 Å². The number of ether oxygens (including phenoxy) is 2. The third-order valence-electron chi connectivity index (χ3n) is 4.65. The second-order valence-electron chi connectivity index (χ2n) is 7.59. The summed E-state index contributed by atoms with van der Waals surface area (Å²) in [5, 5.41) is 4.62. The van der Waals surface area contributed by atoms with E-state index in [0.29, 0.717) is 15.1 Å². The zero-order valence-corrected chi connectivity index (χ0v) is 22.2. The van der Waals surface area contributed by atoms with Crippen LogP contribution >= 0.6 is 42.1 Å². The van der Waals surface area contributed by atoms with Crippen LogP contribution in [0.3, 0.4) is 0 Å². The standard InChI is InChI=1S/C23H21Cl2FNO7PS/c1-13(2)34-23(29)32-12-33-35(30,31)21(17-11-36-19-7-6-15(24)10-16(17)19)22(28)27-9-8-14-4-3-5-18(25)20(14)26/h3-11,13,21H,12H2,1-2H3,(H,27,28)(H,30,31). The first kappa shape index (κ1) is 28.1. The van der Waals surface area contributed by atoms with Gasteiger partial charge >= 0.3 is 13.8 Å². The van der Waals surface area contributed by atoms with E-state index in [-0.39, 0.29) is 16.1 Å². The molecule has 1 amide bonds. The van der Waals surface area contributed by atoms with Gasteiger partial charge in [0.15, 0.2) is 5.66 Å². The zero-order valence-electron chi connectivity index (χ0n) is 18.9. The van der Waals surface area contributed by atoms with Crippen LogP contribution < -0.4 is 5.32 Å². The summed E-state index contributed by atoms with van der Waals surface area (Å²) in [6.07, 6.45) is 0.773. The number of fused-ring (bicyclic) bond motifs is 1. The molecule has 3 aromatic rings. The molecule has 13 heteroatoms. The third-order valence-corrected chi connectivity index (χ3v) is 7.80. The number of halogens is 3. The Morgan fingerprint density at radius 3 is 2.72 bits per heavy atom. The maximum absolute atomic E-state index is 14.1. The van der Waals surface area contributed by atoms with Crippen molar-refractivity contribution in [2.75, 3.05) is 6.79 Å². The second-order valence-corrected chi connectivity index (χ2v) is 11.2. The number of hydrogen-bond acceptors (Lipinski definition) is 7. The molecule has 0 radical (unpaired) electrons. The van der Waals surface area contributed by atoms with Crippen LogP contribution in [0.1, 0.15) is 30.6 Å². The SMILES string of the molecule is CC(C)OC(=O)OCOP(=O)(O)C(C(=O)NC=Cc1cccc(Cl)c1F)c1csc2ccc(Cl)cc12. The molecule has 192 valence electrons. The Balaban J connectivity index is 1.88. The number of thiophene rings is 1. The molecule has 2 atom stereocenters. The van der Waals surface area contributed by atoms with Crippen LogP contribution in [0.25, 0.3) is 16.2 Å². The number of carbonyl (C=O) groups is 2. The molecule has 0 saturated carbocycles. The predicted octanol–water partition coefficient (Wildman–Crippen LogP) is 6.90. The molecule has 1 heterocycles. The molecule has 0 fully saturated rings. The van der Waals surface area contributed by atoms with Crippen molar-refractivity contribution < 1.29 is 37.4 Å². The summed E-state index contributed by atoms with van der Waals surface area (Å²) in [6, 6.07) is 9.23. The smallest absolute Gasteiger partial charge is 0.432 e. The molecule has 0 aliphatic rings. The van der Waals surface area contributed by atoms with Crippen molar-refractivity contribution in [3.8, 4) is 0 Å². The van der Waals surface area contributed by atoms with E-state index in [9.17, 15) is 23.4 Å². The molecule has 36 heavy (non-hydrogen) atoms. The topological polar surface area (TPSA) is 111 Å². The highest BCUT2D eigenvalue weighted by Gasteiger charge is 2.41. The van der Waals surface area contributed by atoms with Crippen LogP contribution in [0.4, 0.5) is 9.18 Å². The summed E-state index contributed by atoms with van der Waals surface area (Å²) >= 11 is 13.1. The molecule has 1 aromatic heterocycles. The van der Waals surface area contributed by atoms with Crippen LogP contribution in [0.2, 0.25) is 10.0 Å². The second kappa shape index (κ2) is 12.2. The van der Waals surface area contributed by atoms with Gasteiger partial charge in [0.1, 0.15) is 5.82 Å². The van der Waals surface area contributed by atoms with Crippen LogP contribution in [-0.4, -0.2) is 29.9 Å². The van der Waals surface area contributed by atoms with Gasteiger partial charge in [0.05, 0.1) is 11.1 Å². The van der Waals surface area contributed by atoms with Gasteiger partial charge < -0.3 is 19.7 Å². The van der Waals surface area contributed by atoms with Gasteiger partial charge in [-0.1, -0.05) is 35.3 Å². The highest BCUT2D eigenvalue weighted by molar-refractivity contribution is 7.54. The van der Waals surface area contributed by atoms with Crippen molar-refractivity contribution in [1.82, 2.24) is 5.32 Å². The molecular formula is C23H21Cl2FNO7PS. The lowest BCUT2D eigenvalue weighted by atomic mass is 10.1. The largest absolute Gasteiger partial charge is 0.510 e. The molecule has 0 aliphatic heterocycles. The minimum absolute atomic E-state index is 0.0904. The quantitative estimate of drug-likeness (QED) is 0.162. The number of nitrogens with one attached hydrogen (secondary N) is 1. The molecule has 8 nitrogen and oxygen atoms in total. The molecule has 0 aliphatic carbocycles. The molecule has 0 spiro atoms. The van der Waals surface area contributed by atoms with Gasteiger partial charge in [-0.15, -0.1) is 11.3 Å². The lowest BCUT2D eigenvalue weighted by molar-refractivity contribution is -0.120. The monoisotopic (exact) mass is 575 g/mol. The Hall–Kier alpha value is -2.46. The molecule has 0 saturated heterocycles. The van der Waals surface area contributed by atoms with E-state index in [4.69, 9.17) is 32.5 Å². The van der Waals surface area contributed by atoms with Crippen LogP contribution in [0.5, 0.6) is 0 Å². The first-order valence-electron chi connectivity index (χ1n) is 10.4. The lowest BCUT2D eigenvalue weighted by Crippen LogP contribution is -2.26. The molecule has 3 rings (SSSR count). The van der Waals surface area contributed by atoms with Gasteiger partial charge in [0.2, 0.25) is 12.7 Å². The fourth-order valence-corrected chi connectivity index (χ4v) is 5.80. The fourth-order valence-electron chi connectivity index (χ4n) is 3.09. The normalized spacial score (nSPS) is 14.1. The van der Waals surface area contributed by atoms with Gasteiger partial charge in [0, 0.05) is 21.5 Å².